The highest BCUT2D eigenvalue weighted by Crippen LogP contribution is 2.30. The summed E-state index contributed by atoms with van der Waals surface area (Å²) >= 11 is 0. The largest absolute Gasteiger partial charge is 0.493 e. The normalized spacial score (nSPS) is 15.4. The van der Waals surface area contributed by atoms with Gasteiger partial charge in [0.2, 0.25) is 0 Å². The smallest absolute Gasteiger partial charge is 0.281 e. The van der Waals surface area contributed by atoms with Gasteiger partial charge in [0, 0.05) is 32.2 Å². The van der Waals surface area contributed by atoms with Crippen LogP contribution in [0.25, 0.3) is 16.6 Å². The number of hydrogen-bond acceptors (Lipinski definition) is 7. The molecule has 0 aliphatic carbocycles. The minimum absolute atomic E-state index is 0.133. The van der Waals surface area contributed by atoms with Crippen LogP contribution in [0.5, 0.6) is 11.5 Å². The molecule has 0 spiro atoms. The van der Waals surface area contributed by atoms with Gasteiger partial charge in [-0.15, -0.1) is 5.10 Å². The lowest BCUT2D eigenvalue weighted by atomic mass is 10.2. The van der Waals surface area contributed by atoms with Crippen LogP contribution in [0, 0.1) is 0 Å². The van der Waals surface area contributed by atoms with Gasteiger partial charge in [-0.05, 0) is 13.1 Å². The monoisotopic (exact) mass is 372 g/mol. The summed E-state index contributed by atoms with van der Waals surface area (Å²) < 4.78 is 12.1. The summed E-state index contributed by atoms with van der Waals surface area (Å²) in [6.45, 7) is 2.80. The highest BCUT2D eigenvalue weighted by Gasteiger charge is 2.26. The molecule has 1 N–H and O–H groups in total. The van der Waals surface area contributed by atoms with Crippen molar-refractivity contribution in [3.63, 3.8) is 0 Å². The lowest BCUT2D eigenvalue weighted by Gasteiger charge is -2.31. The number of amides is 1. The molecule has 3 heterocycles. The first-order valence-electron chi connectivity index (χ1n) is 8.54. The molecule has 27 heavy (non-hydrogen) atoms. The van der Waals surface area contributed by atoms with Crippen LogP contribution >= 0.6 is 0 Å². The Morgan fingerprint density at radius 1 is 1.11 bits per heavy atom. The zero-order valence-electron chi connectivity index (χ0n) is 15.4. The topological polar surface area (TPSA) is 105 Å². The number of aromatic amines is 1. The molecule has 4 rings (SSSR count). The molecule has 10 heteroatoms. The number of hydrogen-bond donors (Lipinski definition) is 1. The summed E-state index contributed by atoms with van der Waals surface area (Å²) in [6.07, 6.45) is 0. The number of nitrogens with zero attached hydrogens (tertiary/aromatic N) is 5. The zero-order valence-corrected chi connectivity index (χ0v) is 15.4. The van der Waals surface area contributed by atoms with E-state index >= 15 is 0 Å². The molecule has 1 aliphatic heterocycles. The van der Waals surface area contributed by atoms with Crippen LogP contribution < -0.4 is 15.0 Å². The molecule has 0 atom stereocenters. The second kappa shape index (κ2) is 6.54. The van der Waals surface area contributed by atoms with E-state index in [1.165, 1.54) is 18.7 Å². The van der Waals surface area contributed by atoms with Crippen LogP contribution in [0.4, 0.5) is 0 Å². The number of likely N-dealkylation sites (N-methyl/N-ethyl adjacent to an activating group) is 1. The molecule has 1 amide bonds. The van der Waals surface area contributed by atoms with Gasteiger partial charge in [0.1, 0.15) is 0 Å². The highest BCUT2D eigenvalue weighted by atomic mass is 16.5. The number of H-pyrrole nitrogens is 1. The molecule has 1 aliphatic rings. The second-order valence-corrected chi connectivity index (χ2v) is 6.46. The number of aromatic nitrogens is 4. The first-order valence-corrected chi connectivity index (χ1v) is 8.54. The van der Waals surface area contributed by atoms with E-state index in [0.717, 1.165) is 13.1 Å². The van der Waals surface area contributed by atoms with Crippen LogP contribution in [-0.4, -0.2) is 83.0 Å². The number of carbonyl (C=O) groups is 1. The fraction of sp³-hybridized carbons (Fsp3) is 0.412. The van der Waals surface area contributed by atoms with E-state index in [1.54, 1.807) is 17.0 Å². The number of carbonyl (C=O) groups excluding carboxylic acids is 1. The fourth-order valence-corrected chi connectivity index (χ4v) is 3.26. The van der Waals surface area contributed by atoms with E-state index < -0.39 is 5.56 Å². The van der Waals surface area contributed by atoms with Crippen molar-refractivity contribution < 1.29 is 14.3 Å². The third kappa shape index (κ3) is 2.78. The Balaban J connectivity index is 1.85. The molecule has 1 saturated heterocycles. The summed E-state index contributed by atoms with van der Waals surface area (Å²) in [6, 6.07) is 3.23. The number of piperazine rings is 1. The van der Waals surface area contributed by atoms with Crippen molar-refractivity contribution in [1.82, 2.24) is 29.6 Å². The van der Waals surface area contributed by atoms with Crippen molar-refractivity contribution in [1.29, 1.82) is 0 Å². The lowest BCUT2D eigenvalue weighted by molar-refractivity contribution is 0.0660. The van der Waals surface area contributed by atoms with Crippen molar-refractivity contribution in [2.45, 2.75) is 0 Å². The van der Waals surface area contributed by atoms with Crippen molar-refractivity contribution in [2.75, 3.05) is 47.4 Å². The van der Waals surface area contributed by atoms with Crippen LogP contribution in [0.3, 0.4) is 0 Å². The maximum absolute atomic E-state index is 12.9. The van der Waals surface area contributed by atoms with Gasteiger partial charge in [0.05, 0.1) is 25.1 Å². The van der Waals surface area contributed by atoms with E-state index in [1.807, 2.05) is 7.05 Å². The van der Waals surface area contributed by atoms with E-state index in [4.69, 9.17) is 9.47 Å². The SMILES string of the molecule is COc1cc2c(=O)nc3c(C(=O)N4CCN(C)CC4)n[nH]n3c2cc1OC. The average Bonchev–Trinajstić information content (AvgIpc) is 3.10. The van der Waals surface area contributed by atoms with Crippen LogP contribution in [0.1, 0.15) is 10.5 Å². The molecule has 0 bridgehead atoms. The maximum atomic E-state index is 12.9. The number of rotatable bonds is 3. The number of nitrogens with one attached hydrogen (secondary N) is 1. The number of benzene rings is 1. The van der Waals surface area contributed by atoms with Crippen LogP contribution in [-0.2, 0) is 0 Å². The van der Waals surface area contributed by atoms with Crippen molar-refractivity contribution in [3.8, 4) is 11.5 Å². The number of methoxy groups -OCH3 is 2. The van der Waals surface area contributed by atoms with Gasteiger partial charge in [-0.3, -0.25) is 9.59 Å². The Hall–Kier alpha value is -3.14. The average molecular weight is 372 g/mol. The third-order valence-corrected chi connectivity index (χ3v) is 4.86. The molecule has 3 aromatic rings. The molecule has 0 radical (unpaired) electrons. The van der Waals surface area contributed by atoms with Crippen LogP contribution in [0.15, 0.2) is 16.9 Å². The fourth-order valence-electron chi connectivity index (χ4n) is 3.26. The highest BCUT2D eigenvalue weighted by molar-refractivity contribution is 5.99. The quantitative estimate of drug-likeness (QED) is 0.689. The minimum Gasteiger partial charge on any atom is -0.493 e. The van der Waals surface area contributed by atoms with Crippen LogP contribution in [0.2, 0.25) is 0 Å². The molecule has 0 saturated carbocycles. The molecule has 1 aromatic carbocycles. The predicted molar refractivity (Wildman–Crippen MR) is 97.6 cm³/mol. The molecule has 2 aromatic heterocycles. The third-order valence-electron chi connectivity index (χ3n) is 4.86. The van der Waals surface area contributed by atoms with Gasteiger partial charge < -0.3 is 19.3 Å². The summed E-state index contributed by atoms with van der Waals surface area (Å²) in [4.78, 5) is 33.4. The summed E-state index contributed by atoms with van der Waals surface area (Å²) in [5.41, 5.74) is 0.379. The van der Waals surface area contributed by atoms with Gasteiger partial charge in [0.25, 0.3) is 11.5 Å². The molecule has 142 valence electrons. The summed E-state index contributed by atoms with van der Waals surface area (Å²) in [5.74, 6) is 0.650. The Labute approximate surface area is 154 Å². The Kier molecular flexibility index (Phi) is 4.19. The maximum Gasteiger partial charge on any atom is 0.281 e. The predicted octanol–water partition coefficient (Wildman–Crippen LogP) is -0.0244. The van der Waals surface area contributed by atoms with E-state index in [-0.39, 0.29) is 17.2 Å². The summed E-state index contributed by atoms with van der Waals surface area (Å²) in [7, 11) is 5.02. The molecule has 10 nitrogen and oxygen atoms in total. The number of fused-ring (bicyclic) bond motifs is 3. The minimum atomic E-state index is -0.459. The first-order chi connectivity index (χ1) is 13.0. The molecular formula is C17H20N6O4. The zero-order chi connectivity index (χ0) is 19.1. The number of ether oxygens (including phenoxy) is 2. The Bertz CT molecular complexity index is 1080. The molecular weight excluding hydrogens is 352 g/mol. The standard InChI is InChI=1S/C17H20N6O4/c1-21-4-6-22(7-5-21)17(25)14-15-18-16(24)10-8-12(26-2)13(27-3)9-11(10)23(15)20-19-14/h8-9,20H,4-7H2,1-3H3. The lowest BCUT2D eigenvalue weighted by Crippen LogP contribution is -2.47. The summed E-state index contributed by atoms with van der Waals surface area (Å²) in [5, 5.41) is 7.27. The molecule has 0 unspecified atom stereocenters. The van der Waals surface area contributed by atoms with Crippen molar-refractivity contribution in [3.05, 3.63) is 28.2 Å². The Morgan fingerprint density at radius 2 is 1.78 bits per heavy atom. The Morgan fingerprint density at radius 3 is 2.44 bits per heavy atom. The van der Waals surface area contributed by atoms with Gasteiger partial charge >= 0.3 is 0 Å². The second-order valence-electron chi connectivity index (χ2n) is 6.46. The first kappa shape index (κ1) is 17.3. The van der Waals surface area contributed by atoms with E-state index in [2.05, 4.69) is 20.2 Å². The van der Waals surface area contributed by atoms with Gasteiger partial charge in [-0.25, -0.2) is 9.73 Å². The van der Waals surface area contributed by atoms with E-state index in [0.29, 0.717) is 35.5 Å². The molecule has 1 fully saturated rings. The van der Waals surface area contributed by atoms with Crippen molar-refractivity contribution in [2.24, 2.45) is 0 Å². The van der Waals surface area contributed by atoms with Gasteiger partial charge in [-0.1, -0.05) is 0 Å². The van der Waals surface area contributed by atoms with Gasteiger partial charge in [-0.2, -0.15) is 4.98 Å². The van der Waals surface area contributed by atoms with Gasteiger partial charge in [0.15, 0.2) is 22.8 Å². The van der Waals surface area contributed by atoms with E-state index in [9.17, 15) is 9.59 Å². The van der Waals surface area contributed by atoms with Crippen molar-refractivity contribution >= 4 is 22.5 Å².